The van der Waals surface area contributed by atoms with E-state index in [2.05, 4.69) is 10.2 Å². The zero-order chi connectivity index (χ0) is 12.0. The van der Waals surface area contributed by atoms with E-state index in [4.69, 9.17) is 5.73 Å². The van der Waals surface area contributed by atoms with E-state index in [0.29, 0.717) is 5.17 Å². The number of hydrogen-bond donors (Lipinski definition) is 1. The molecule has 0 aliphatic rings. The molecule has 0 unspecified atom stereocenters. The second kappa shape index (κ2) is 8.01. The van der Waals surface area contributed by atoms with Crippen LogP contribution < -0.4 is 29.7 Å². The molecule has 92 valence electrons. The van der Waals surface area contributed by atoms with Crippen LogP contribution in [0.1, 0.15) is 5.56 Å². The number of nitro groups is 1. The molecule has 1 aromatic carbocycles. The second-order valence-electron chi connectivity index (χ2n) is 2.74. The molecule has 2 N–H and O–H groups in total. The number of amidine groups is 1. The lowest BCUT2D eigenvalue weighted by molar-refractivity contribution is -0.384. The number of thioether (sulfide) groups is 1. The van der Waals surface area contributed by atoms with Crippen molar-refractivity contribution < 1.29 is 28.9 Å². The lowest BCUT2D eigenvalue weighted by atomic mass is 10.2. The summed E-state index contributed by atoms with van der Waals surface area (Å²) in [6.45, 7) is 0. The zero-order valence-electron chi connectivity index (χ0n) is 8.91. The Kier molecular flexibility index (Phi) is 7.46. The van der Waals surface area contributed by atoms with Gasteiger partial charge in [-0.25, -0.2) is 0 Å². The van der Waals surface area contributed by atoms with Gasteiger partial charge in [-0.05, 0) is 24.0 Å². The Morgan fingerprint density at radius 3 is 2.53 bits per heavy atom. The fourth-order valence-corrected chi connectivity index (χ4v) is 1.00. The maximum atomic E-state index is 10.4. The molecule has 0 bridgehead atoms. The third kappa shape index (κ3) is 5.63. The van der Waals surface area contributed by atoms with E-state index in [-0.39, 0.29) is 29.7 Å². The first-order chi connectivity index (χ1) is 7.63. The summed E-state index contributed by atoms with van der Waals surface area (Å²) in [6.07, 6.45) is 3.27. The van der Waals surface area contributed by atoms with Crippen LogP contribution in [0, 0.1) is 10.1 Å². The molecule has 8 heteroatoms. The summed E-state index contributed by atoms with van der Waals surface area (Å²) < 4.78 is 0. The lowest BCUT2D eigenvalue weighted by Crippen LogP contribution is -3.00. The smallest absolute Gasteiger partial charge is 0.269 e. The molecular weight excluding hydrogens is 355 g/mol. The molecule has 17 heavy (non-hydrogen) atoms. The minimum Gasteiger partial charge on any atom is -1.00 e. The number of nitrogens with zero attached hydrogens (tertiary/aromatic N) is 3. The van der Waals surface area contributed by atoms with E-state index in [0.717, 1.165) is 5.56 Å². The third-order valence-electron chi connectivity index (χ3n) is 1.68. The number of halogens is 1. The summed E-state index contributed by atoms with van der Waals surface area (Å²) in [5.74, 6) is 0. The topological polar surface area (TPSA) is 93.9 Å². The van der Waals surface area contributed by atoms with Crippen LogP contribution in [0.4, 0.5) is 5.69 Å². The van der Waals surface area contributed by atoms with Gasteiger partial charge in [-0.2, -0.15) is 5.10 Å². The molecule has 0 aliphatic carbocycles. The summed E-state index contributed by atoms with van der Waals surface area (Å²) in [6, 6.07) is 5.99. The van der Waals surface area contributed by atoms with Gasteiger partial charge in [-0.15, -0.1) is 5.10 Å². The van der Waals surface area contributed by atoms with Crippen LogP contribution in [0.15, 0.2) is 34.5 Å². The summed E-state index contributed by atoms with van der Waals surface area (Å²) in [5.41, 5.74) is 6.18. The number of hydrogen-bond acceptors (Lipinski definition) is 5. The van der Waals surface area contributed by atoms with Gasteiger partial charge in [0.2, 0.25) is 0 Å². The molecule has 0 aromatic heterocycles. The van der Waals surface area contributed by atoms with Crippen LogP contribution in [-0.4, -0.2) is 22.6 Å². The largest absolute Gasteiger partial charge is 1.00 e. The Bertz CT molecular complexity index is 433. The highest BCUT2D eigenvalue weighted by molar-refractivity contribution is 8.13. The van der Waals surface area contributed by atoms with Gasteiger partial charge in [0.1, 0.15) is 0 Å². The second-order valence-corrected chi connectivity index (χ2v) is 3.56. The normalized spacial score (nSPS) is 11.2. The highest BCUT2D eigenvalue weighted by Gasteiger charge is 2.02. The van der Waals surface area contributed by atoms with Crippen molar-refractivity contribution in [3.05, 3.63) is 39.9 Å². The minimum absolute atomic E-state index is 0. The van der Waals surface area contributed by atoms with Gasteiger partial charge in [0.05, 0.1) is 11.1 Å². The first kappa shape index (κ1) is 15.8. The minimum atomic E-state index is -0.454. The van der Waals surface area contributed by atoms with Crippen molar-refractivity contribution in [2.45, 2.75) is 0 Å². The predicted octanol–water partition coefficient (Wildman–Crippen LogP) is -1.39. The Hall–Kier alpha value is -1.16. The highest BCUT2D eigenvalue weighted by Crippen LogP contribution is 2.10. The maximum Gasteiger partial charge on any atom is 0.269 e. The van der Waals surface area contributed by atoms with Gasteiger partial charge >= 0.3 is 0 Å². The van der Waals surface area contributed by atoms with Gasteiger partial charge in [0.25, 0.3) is 5.69 Å². The summed E-state index contributed by atoms with van der Waals surface area (Å²) in [7, 11) is 0. The van der Waals surface area contributed by atoms with Gasteiger partial charge < -0.3 is 29.7 Å². The van der Waals surface area contributed by atoms with Crippen LogP contribution >= 0.6 is 11.8 Å². The van der Waals surface area contributed by atoms with Crippen molar-refractivity contribution in [1.29, 1.82) is 0 Å². The monoisotopic (exact) mass is 365 g/mol. The molecule has 0 saturated heterocycles. The van der Waals surface area contributed by atoms with Crippen LogP contribution in [0.25, 0.3) is 0 Å². The maximum absolute atomic E-state index is 10.4. The van der Waals surface area contributed by atoms with Crippen LogP contribution in [-0.2, 0) is 0 Å². The van der Waals surface area contributed by atoms with Crippen LogP contribution in [0.2, 0.25) is 0 Å². The Labute approximate surface area is 120 Å². The van der Waals surface area contributed by atoms with E-state index in [1.54, 1.807) is 18.4 Å². The zero-order valence-corrected chi connectivity index (χ0v) is 11.9. The van der Waals surface area contributed by atoms with Crippen molar-refractivity contribution in [2.75, 3.05) is 6.26 Å². The molecule has 0 saturated carbocycles. The van der Waals surface area contributed by atoms with Crippen LogP contribution in [0.5, 0.6) is 0 Å². The molecule has 0 fully saturated rings. The van der Waals surface area contributed by atoms with E-state index >= 15 is 0 Å². The molecule has 0 heterocycles. The first-order valence-electron chi connectivity index (χ1n) is 4.28. The first-order valence-corrected chi connectivity index (χ1v) is 5.51. The lowest BCUT2D eigenvalue weighted by Gasteiger charge is -1.92. The Morgan fingerprint density at radius 1 is 1.47 bits per heavy atom. The molecule has 0 spiro atoms. The number of benzene rings is 1. The molecule has 0 atom stereocenters. The van der Waals surface area contributed by atoms with Gasteiger partial charge in [0, 0.05) is 12.1 Å². The molecule has 1 rings (SSSR count). The predicted molar refractivity (Wildman–Crippen MR) is 65.8 cm³/mol. The van der Waals surface area contributed by atoms with Crippen molar-refractivity contribution >= 4 is 28.8 Å². The van der Waals surface area contributed by atoms with E-state index < -0.39 is 4.92 Å². The SMILES string of the molecule is CS/C(N)=N/N=Cc1ccc([N+](=O)[O-])cc1.[I-]. The fraction of sp³-hybridized carbons (Fsp3) is 0.111. The van der Waals surface area contributed by atoms with E-state index in [9.17, 15) is 10.1 Å². The van der Waals surface area contributed by atoms with Crippen molar-refractivity contribution in [2.24, 2.45) is 15.9 Å². The number of nitrogens with two attached hydrogens (primary N) is 1. The summed E-state index contributed by atoms with van der Waals surface area (Å²) >= 11 is 1.29. The summed E-state index contributed by atoms with van der Waals surface area (Å²) in [5, 5.41) is 18.2. The van der Waals surface area contributed by atoms with E-state index in [1.807, 2.05) is 0 Å². The molecule has 6 nitrogen and oxygen atoms in total. The molecule has 0 aliphatic heterocycles. The van der Waals surface area contributed by atoms with Crippen molar-refractivity contribution in [1.82, 2.24) is 0 Å². The van der Waals surface area contributed by atoms with E-state index in [1.165, 1.54) is 30.1 Å². The third-order valence-corrected chi connectivity index (χ3v) is 2.18. The number of non-ortho nitro benzene ring substituents is 1. The van der Waals surface area contributed by atoms with Crippen LogP contribution in [0.3, 0.4) is 0 Å². The average Bonchev–Trinajstić information content (AvgIpc) is 2.29. The number of nitro benzene ring substituents is 1. The highest BCUT2D eigenvalue weighted by atomic mass is 127. The fourth-order valence-electron chi connectivity index (χ4n) is 0.875. The van der Waals surface area contributed by atoms with Crippen molar-refractivity contribution in [3.63, 3.8) is 0 Å². The Morgan fingerprint density at radius 2 is 2.06 bits per heavy atom. The van der Waals surface area contributed by atoms with Crippen molar-refractivity contribution in [3.8, 4) is 0 Å². The molecule has 0 radical (unpaired) electrons. The van der Waals surface area contributed by atoms with Gasteiger partial charge in [-0.1, -0.05) is 11.8 Å². The Balaban J connectivity index is 0.00000256. The van der Waals surface area contributed by atoms with Gasteiger partial charge in [-0.3, -0.25) is 10.1 Å². The molecular formula is C9H10IN4O2S-. The quantitative estimate of drug-likeness (QED) is 0.235. The number of rotatable bonds is 3. The molecule has 1 aromatic rings. The average molecular weight is 365 g/mol. The molecule has 0 amide bonds. The van der Waals surface area contributed by atoms with Gasteiger partial charge in [0.15, 0.2) is 5.17 Å². The summed E-state index contributed by atoms with van der Waals surface area (Å²) in [4.78, 5) is 9.93. The standard InChI is InChI=1S/C9H10N4O2S.HI/c1-16-9(10)12-11-6-7-2-4-8(5-3-7)13(14)15;/h2-6H,1H3,(H2,10,12);1H/p-1.